The zero-order valence-corrected chi connectivity index (χ0v) is 12.1. The number of fused-ring (bicyclic) bond motifs is 1. The molecule has 2 rings (SSSR count). The van der Waals surface area contributed by atoms with Crippen LogP contribution in [0.15, 0.2) is 12.1 Å². The van der Waals surface area contributed by atoms with Crippen LogP contribution in [-0.4, -0.2) is 38.3 Å². The molecule has 106 valence electrons. The van der Waals surface area contributed by atoms with E-state index in [4.69, 9.17) is 15.2 Å². The number of nitrogens with two attached hydrogens (primary N) is 1. The van der Waals surface area contributed by atoms with Crippen molar-refractivity contribution in [3.8, 4) is 11.5 Å². The Morgan fingerprint density at radius 3 is 2.42 bits per heavy atom. The van der Waals surface area contributed by atoms with E-state index >= 15 is 0 Å². The molecule has 1 aliphatic rings. The summed E-state index contributed by atoms with van der Waals surface area (Å²) < 4.78 is 10.7. The van der Waals surface area contributed by atoms with E-state index in [0.717, 1.165) is 44.0 Å². The highest BCUT2D eigenvalue weighted by Gasteiger charge is 2.19. The number of rotatable bonds is 5. The molecule has 19 heavy (non-hydrogen) atoms. The Morgan fingerprint density at radius 1 is 1.21 bits per heavy atom. The van der Waals surface area contributed by atoms with Gasteiger partial charge in [0.2, 0.25) is 0 Å². The third kappa shape index (κ3) is 3.39. The molecule has 0 spiro atoms. The SMILES string of the molecule is COc1cc2c(cc1OC)CN(CCC(C)N)CC2. The van der Waals surface area contributed by atoms with Crippen LogP contribution < -0.4 is 15.2 Å². The Balaban J connectivity index is 2.11. The third-order valence-electron chi connectivity index (χ3n) is 3.70. The quantitative estimate of drug-likeness (QED) is 0.881. The van der Waals surface area contributed by atoms with Gasteiger partial charge in [-0.2, -0.15) is 0 Å². The molecule has 0 fully saturated rings. The maximum Gasteiger partial charge on any atom is 0.161 e. The highest BCUT2D eigenvalue weighted by molar-refractivity contribution is 5.48. The maximum absolute atomic E-state index is 5.82. The van der Waals surface area contributed by atoms with Crippen molar-refractivity contribution in [1.29, 1.82) is 0 Å². The molecule has 0 bridgehead atoms. The average Bonchev–Trinajstić information content (AvgIpc) is 2.43. The predicted molar refractivity (Wildman–Crippen MR) is 76.8 cm³/mol. The Bertz CT molecular complexity index is 432. The van der Waals surface area contributed by atoms with E-state index in [0.29, 0.717) is 0 Å². The molecule has 1 heterocycles. The van der Waals surface area contributed by atoms with Gasteiger partial charge >= 0.3 is 0 Å². The van der Waals surface area contributed by atoms with Crippen molar-refractivity contribution in [2.75, 3.05) is 27.3 Å². The van der Waals surface area contributed by atoms with Crippen LogP contribution in [0.25, 0.3) is 0 Å². The van der Waals surface area contributed by atoms with Crippen LogP contribution >= 0.6 is 0 Å². The summed E-state index contributed by atoms with van der Waals surface area (Å²) in [5, 5.41) is 0. The molecule has 1 unspecified atom stereocenters. The fourth-order valence-corrected chi connectivity index (χ4v) is 2.52. The van der Waals surface area contributed by atoms with Gasteiger partial charge in [-0.15, -0.1) is 0 Å². The molecule has 0 radical (unpaired) electrons. The van der Waals surface area contributed by atoms with Crippen LogP contribution in [0.3, 0.4) is 0 Å². The first-order valence-electron chi connectivity index (χ1n) is 6.85. The van der Waals surface area contributed by atoms with Crippen LogP contribution in [0.1, 0.15) is 24.5 Å². The van der Waals surface area contributed by atoms with E-state index in [1.807, 2.05) is 0 Å². The number of hydrogen-bond donors (Lipinski definition) is 1. The minimum atomic E-state index is 0.270. The van der Waals surface area contributed by atoms with Gasteiger partial charge in [-0.3, -0.25) is 4.90 Å². The second-order valence-corrected chi connectivity index (χ2v) is 5.27. The second kappa shape index (κ2) is 6.26. The molecule has 1 aliphatic heterocycles. The van der Waals surface area contributed by atoms with Crippen molar-refractivity contribution in [3.05, 3.63) is 23.3 Å². The molecule has 0 saturated heterocycles. The minimum Gasteiger partial charge on any atom is -0.493 e. The van der Waals surface area contributed by atoms with Gasteiger partial charge in [0.25, 0.3) is 0 Å². The van der Waals surface area contributed by atoms with Gasteiger partial charge in [-0.25, -0.2) is 0 Å². The van der Waals surface area contributed by atoms with Crippen LogP contribution in [-0.2, 0) is 13.0 Å². The average molecular weight is 264 g/mol. The van der Waals surface area contributed by atoms with Crippen LogP contribution in [0.4, 0.5) is 0 Å². The molecule has 2 N–H and O–H groups in total. The lowest BCUT2D eigenvalue weighted by Crippen LogP contribution is -2.33. The normalized spacial score (nSPS) is 16.8. The number of hydrogen-bond acceptors (Lipinski definition) is 4. The second-order valence-electron chi connectivity index (χ2n) is 5.27. The fourth-order valence-electron chi connectivity index (χ4n) is 2.52. The van der Waals surface area contributed by atoms with E-state index in [1.54, 1.807) is 14.2 Å². The molecular weight excluding hydrogens is 240 g/mol. The zero-order chi connectivity index (χ0) is 13.8. The van der Waals surface area contributed by atoms with Gasteiger partial charge in [-0.1, -0.05) is 0 Å². The zero-order valence-electron chi connectivity index (χ0n) is 12.1. The Morgan fingerprint density at radius 2 is 1.84 bits per heavy atom. The van der Waals surface area contributed by atoms with Crippen LogP contribution in [0.2, 0.25) is 0 Å². The first kappa shape index (κ1) is 14.2. The van der Waals surface area contributed by atoms with E-state index in [2.05, 4.69) is 24.0 Å². The lowest BCUT2D eigenvalue weighted by Gasteiger charge is -2.29. The van der Waals surface area contributed by atoms with Crippen LogP contribution in [0, 0.1) is 0 Å². The number of nitrogens with zero attached hydrogens (tertiary/aromatic N) is 1. The standard InChI is InChI=1S/C15H24N2O2/c1-11(16)4-6-17-7-5-12-8-14(18-2)15(19-3)9-13(12)10-17/h8-9,11H,4-7,10,16H2,1-3H3. The summed E-state index contributed by atoms with van der Waals surface area (Å²) in [6.45, 7) is 5.19. The molecule has 0 aromatic heterocycles. The van der Waals surface area contributed by atoms with Gasteiger partial charge in [0, 0.05) is 19.1 Å². The summed E-state index contributed by atoms with van der Waals surface area (Å²) in [5.74, 6) is 1.64. The smallest absolute Gasteiger partial charge is 0.161 e. The molecule has 0 saturated carbocycles. The van der Waals surface area contributed by atoms with Gasteiger partial charge < -0.3 is 15.2 Å². The third-order valence-corrected chi connectivity index (χ3v) is 3.70. The molecule has 4 nitrogen and oxygen atoms in total. The molecule has 0 aliphatic carbocycles. The Labute approximate surface area is 115 Å². The summed E-state index contributed by atoms with van der Waals surface area (Å²) in [4.78, 5) is 2.46. The summed E-state index contributed by atoms with van der Waals surface area (Å²) in [7, 11) is 3.36. The topological polar surface area (TPSA) is 47.7 Å². The van der Waals surface area contributed by atoms with E-state index in [9.17, 15) is 0 Å². The lowest BCUT2D eigenvalue weighted by molar-refractivity contribution is 0.244. The van der Waals surface area contributed by atoms with E-state index in [-0.39, 0.29) is 6.04 Å². The van der Waals surface area contributed by atoms with E-state index in [1.165, 1.54) is 11.1 Å². The fraction of sp³-hybridized carbons (Fsp3) is 0.600. The first-order chi connectivity index (χ1) is 9.13. The highest BCUT2D eigenvalue weighted by atomic mass is 16.5. The largest absolute Gasteiger partial charge is 0.493 e. The number of benzene rings is 1. The molecule has 1 atom stereocenters. The van der Waals surface area contributed by atoms with Crippen molar-refractivity contribution in [1.82, 2.24) is 4.90 Å². The van der Waals surface area contributed by atoms with Gasteiger partial charge in [0.1, 0.15) is 0 Å². The van der Waals surface area contributed by atoms with Crippen LogP contribution in [0.5, 0.6) is 11.5 Å². The van der Waals surface area contributed by atoms with Crippen molar-refractivity contribution in [2.24, 2.45) is 5.73 Å². The molecular formula is C15H24N2O2. The summed E-state index contributed by atoms with van der Waals surface area (Å²) in [5.41, 5.74) is 8.54. The summed E-state index contributed by atoms with van der Waals surface area (Å²) in [6, 6.07) is 4.48. The van der Waals surface area contributed by atoms with Gasteiger partial charge in [-0.05, 0) is 49.6 Å². The van der Waals surface area contributed by atoms with Crippen molar-refractivity contribution < 1.29 is 9.47 Å². The van der Waals surface area contributed by atoms with Crippen molar-refractivity contribution in [3.63, 3.8) is 0 Å². The van der Waals surface area contributed by atoms with Crippen molar-refractivity contribution >= 4 is 0 Å². The van der Waals surface area contributed by atoms with Gasteiger partial charge in [0.05, 0.1) is 14.2 Å². The Hall–Kier alpha value is -1.26. The molecule has 0 amide bonds. The molecule has 4 heteroatoms. The number of ether oxygens (including phenoxy) is 2. The Kier molecular flexibility index (Phi) is 4.66. The predicted octanol–water partition coefficient (Wildman–Crippen LogP) is 1.80. The molecule has 1 aromatic carbocycles. The first-order valence-corrected chi connectivity index (χ1v) is 6.85. The maximum atomic E-state index is 5.82. The number of methoxy groups -OCH3 is 2. The summed E-state index contributed by atoms with van der Waals surface area (Å²) in [6.07, 6.45) is 2.11. The minimum absolute atomic E-state index is 0.270. The van der Waals surface area contributed by atoms with Gasteiger partial charge in [0.15, 0.2) is 11.5 Å². The van der Waals surface area contributed by atoms with Crippen molar-refractivity contribution in [2.45, 2.75) is 32.4 Å². The van der Waals surface area contributed by atoms with E-state index < -0.39 is 0 Å². The monoisotopic (exact) mass is 264 g/mol. The summed E-state index contributed by atoms with van der Waals surface area (Å²) >= 11 is 0. The highest BCUT2D eigenvalue weighted by Crippen LogP contribution is 2.33. The lowest BCUT2D eigenvalue weighted by atomic mass is 9.98. The molecule has 1 aromatic rings.